The van der Waals surface area contributed by atoms with Crippen LogP contribution in [0.5, 0.6) is 0 Å². The molecule has 0 aromatic heterocycles. The van der Waals surface area contributed by atoms with Gasteiger partial charge in [-0.15, -0.1) is 0 Å². The number of carbonyl (C=O) groups is 1. The summed E-state index contributed by atoms with van der Waals surface area (Å²) in [4.78, 5) is 14.6. The molecule has 2 saturated heterocycles. The van der Waals surface area contributed by atoms with Gasteiger partial charge < -0.3 is 14.8 Å². The molecule has 2 heterocycles. The first-order valence-corrected chi connectivity index (χ1v) is 8.10. The maximum atomic E-state index is 12.1. The van der Waals surface area contributed by atoms with Gasteiger partial charge in [-0.2, -0.15) is 0 Å². The highest BCUT2D eigenvalue weighted by Crippen LogP contribution is 2.26. The molecule has 1 amide bonds. The van der Waals surface area contributed by atoms with E-state index in [9.17, 15) is 4.79 Å². The van der Waals surface area contributed by atoms with Crippen molar-refractivity contribution in [1.82, 2.24) is 10.2 Å². The van der Waals surface area contributed by atoms with E-state index < -0.39 is 6.10 Å². The van der Waals surface area contributed by atoms with Gasteiger partial charge >= 0.3 is 0 Å². The van der Waals surface area contributed by atoms with Crippen LogP contribution in [0.1, 0.15) is 34.1 Å². The molecule has 2 aliphatic heterocycles. The van der Waals surface area contributed by atoms with Crippen LogP contribution in [0.3, 0.4) is 0 Å². The second-order valence-corrected chi connectivity index (χ2v) is 7.32. The summed E-state index contributed by atoms with van der Waals surface area (Å²) in [5.41, 5.74) is -0.0336. The Balaban J connectivity index is 1.83. The number of rotatable bonds is 4. The molecular formula is C16H30N2O3. The predicted molar refractivity (Wildman–Crippen MR) is 82.2 cm³/mol. The molecule has 2 fully saturated rings. The SMILES string of the molecule is CC1CC(C)CN(C(C)(C)CNC(=O)C2COCCO2)C1. The van der Waals surface area contributed by atoms with E-state index in [4.69, 9.17) is 9.47 Å². The van der Waals surface area contributed by atoms with E-state index in [1.165, 1.54) is 6.42 Å². The molecule has 5 nitrogen and oxygen atoms in total. The van der Waals surface area contributed by atoms with Crippen LogP contribution in [0.4, 0.5) is 0 Å². The lowest BCUT2D eigenvalue weighted by Crippen LogP contribution is -2.57. The Morgan fingerprint density at radius 3 is 2.48 bits per heavy atom. The van der Waals surface area contributed by atoms with Gasteiger partial charge in [0.15, 0.2) is 6.10 Å². The summed E-state index contributed by atoms with van der Waals surface area (Å²) in [6, 6.07) is 0. The molecule has 0 radical (unpaired) electrons. The van der Waals surface area contributed by atoms with Gasteiger partial charge in [-0.05, 0) is 32.1 Å². The first kappa shape index (κ1) is 16.7. The molecule has 122 valence electrons. The van der Waals surface area contributed by atoms with Crippen LogP contribution in [-0.4, -0.2) is 61.9 Å². The molecule has 0 spiro atoms. The second-order valence-electron chi connectivity index (χ2n) is 7.32. The number of hydrogen-bond acceptors (Lipinski definition) is 4. The number of hydrogen-bond donors (Lipinski definition) is 1. The van der Waals surface area contributed by atoms with Crippen molar-refractivity contribution in [2.24, 2.45) is 11.8 Å². The highest BCUT2D eigenvalue weighted by atomic mass is 16.6. The van der Waals surface area contributed by atoms with E-state index in [2.05, 4.69) is 37.9 Å². The number of carbonyl (C=O) groups excluding carboxylic acids is 1. The zero-order chi connectivity index (χ0) is 15.5. The molecule has 2 rings (SSSR count). The molecule has 0 aliphatic carbocycles. The lowest BCUT2D eigenvalue weighted by atomic mass is 9.88. The summed E-state index contributed by atoms with van der Waals surface area (Å²) >= 11 is 0. The molecule has 3 unspecified atom stereocenters. The van der Waals surface area contributed by atoms with Crippen LogP contribution in [0.25, 0.3) is 0 Å². The summed E-state index contributed by atoms with van der Waals surface area (Å²) in [5, 5.41) is 3.03. The third-order valence-electron chi connectivity index (χ3n) is 4.53. The smallest absolute Gasteiger partial charge is 0.251 e. The minimum Gasteiger partial charge on any atom is -0.376 e. The molecule has 3 atom stereocenters. The van der Waals surface area contributed by atoms with Gasteiger partial charge in [0.2, 0.25) is 0 Å². The lowest BCUT2D eigenvalue weighted by molar-refractivity contribution is -0.148. The average Bonchev–Trinajstić information content (AvgIpc) is 2.45. The van der Waals surface area contributed by atoms with Gasteiger partial charge in [-0.3, -0.25) is 9.69 Å². The minimum absolute atomic E-state index is 0.0336. The van der Waals surface area contributed by atoms with E-state index in [1.807, 2.05) is 0 Å². The molecule has 0 aromatic rings. The fourth-order valence-corrected chi connectivity index (χ4v) is 3.33. The van der Waals surface area contributed by atoms with Crippen molar-refractivity contribution >= 4 is 5.91 Å². The quantitative estimate of drug-likeness (QED) is 0.849. The van der Waals surface area contributed by atoms with Crippen LogP contribution in [-0.2, 0) is 14.3 Å². The van der Waals surface area contributed by atoms with Crippen molar-refractivity contribution < 1.29 is 14.3 Å². The maximum Gasteiger partial charge on any atom is 0.251 e. The highest BCUT2D eigenvalue weighted by Gasteiger charge is 2.33. The average molecular weight is 298 g/mol. The highest BCUT2D eigenvalue weighted by molar-refractivity contribution is 5.81. The van der Waals surface area contributed by atoms with Crippen molar-refractivity contribution in [1.29, 1.82) is 0 Å². The zero-order valence-electron chi connectivity index (χ0n) is 13.9. The van der Waals surface area contributed by atoms with E-state index >= 15 is 0 Å². The van der Waals surface area contributed by atoms with Gasteiger partial charge in [-0.25, -0.2) is 0 Å². The first-order valence-electron chi connectivity index (χ1n) is 8.10. The monoisotopic (exact) mass is 298 g/mol. The van der Waals surface area contributed by atoms with Gasteiger partial charge in [0.05, 0.1) is 19.8 Å². The van der Waals surface area contributed by atoms with Crippen LogP contribution < -0.4 is 5.32 Å². The Kier molecular flexibility index (Phi) is 5.63. The second kappa shape index (κ2) is 7.07. The number of nitrogens with one attached hydrogen (secondary N) is 1. The maximum absolute atomic E-state index is 12.1. The fraction of sp³-hybridized carbons (Fsp3) is 0.938. The molecule has 21 heavy (non-hydrogen) atoms. The summed E-state index contributed by atoms with van der Waals surface area (Å²) < 4.78 is 10.7. The van der Waals surface area contributed by atoms with Gasteiger partial charge in [-0.1, -0.05) is 13.8 Å². The van der Waals surface area contributed by atoms with Crippen molar-refractivity contribution in [3.8, 4) is 0 Å². The van der Waals surface area contributed by atoms with E-state index in [1.54, 1.807) is 0 Å². The topological polar surface area (TPSA) is 50.8 Å². The van der Waals surface area contributed by atoms with E-state index in [0.29, 0.717) is 26.4 Å². The van der Waals surface area contributed by atoms with Crippen molar-refractivity contribution in [3.05, 3.63) is 0 Å². The van der Waals surface area contributed by atoms with Crippen LogP contribution in [0, 0.1) is 11.8 Å². The third-order valence-corrected chi connectivity index (χ3v) is 4.53. The van der Waals surface area contributed by atoms with E-state index in [0.717, 1.165) is 24.9 Å². The largest absolute Gasteiger partial charge is 0.376 e. The Hall–Kier alpha value is -0.650. The molecule has 5 heteroatoms. The Morgan fingerprint density at radius 2 is 1.90 bits per heavy atom. The number of nitrogens with zero attached hydrogens (tertiary/aromatic N) is 1. The fourth-order valence-electron chi connectivity index (χ4n) is 3.33. The van der Waals surface area contributed by atoms with Gasteiger partial charge in [0.1, 0.15) is 0 Å². The number of amides is 1. The van der Waals surface area contributed by atoms with Gasteiger partial charge in [0, 0.05) is 25.2 Å². The first-order chi connectivity index (χ1) is 9.88. The summed E-state index contributed by atoms with van der Waals surface area (Å²) in [7, 11) is 0. The number of piperidine rings is 1. The number of likely N-dealkylation sites (tertiary alicyclic amines) is 1. The molecular weight excluding hydrogens is 268 g/mol. The van der Waals surface area contributed by atoms with Crippen molar-refractivity contribution in [2.45, 2.75) is 45.8 Å². The molecule has 0 aromatic carbocycles. The van der Waals surface area contributed by atoms with E-state index in [-0.39, 0.29) is 11.4 Å². The number of ether oxygens (including phenoxy) is 2. The van der Waals surface area contributed by atoms with Crippen LogP contribution >= 0.6 is 0 Å². The molecule has 2 aliphatic rings. The standard InChI is InChI=1S/C16H30N2O3/c1-12-7-13(2)9-18(8-12)16(3,4)11-17-15(19)14-10-20-5-6-21-14/h12-14H,5-11H2,1-4H3,(H,17,19). The van der Waals surface area contributed by atoms with Crippen molar-refractivity contribution in [2.75, 3.05) is 39.5 Å². The lowest BCUT2D eigenvalue weighted by Gasteiger charge is -2.45. The van der Waals surface area contributed by atoms with Gasteiger partial charge in [0.25, 0.3) is 5.91 Å². The summed E-state index contributed by atoms with van der Waals surface area (Å²) in [6.45, 7) is 13.3. The summed E-state index contributed by atoms with van der Waals surface area (Å²) in [6.07, 6.45) is 0.848. The van der Waals surface area contributed by atoms with Crippen molar-refractivity contribution in [3.63, 3.8) is 0 Å². The normalized spacial score (nSPS) is 31.9. The van der Waals surface area contributed by atoms with Crippen LogP contribution in [0.15, 0.2) is 0 Å². The molecule has 1 N–H and O–H groups in total. The predicted octanol–water partition coefficient (Wildman–Crippen LogP) is 1.27. The Labute approximate surface area is 128 Å². The summed E-state index contributed by atoms with van der Waals surface area (Å²) in [5.74, 6) is 1.39. The molecule has 0 saturated carbocycles. The van der Waals surface area contributed by atoms with Crippen LogP contribution in [0.2, 0.25) is 0 Å². The Morgan fingerprint density at radius 1 is 1.24 bits per heavy atom. The zero-order valence-corrected chi connectivity index (χ0v) is 13.9. The third kappa shape index (κ3) is 4.66. The Bertz CT molecular complexity index is 343. The minimum atomic E-state index is -0.450. The molecule has 0 bridgehead atoms.